The topological polar surface area (TPSA) is 117 Å². The van der Waals surface area contributed by atoms with Gasteiger partial charge in [0, 0.05) is 44.7 Å². The second-order valence-electron chi connectivity index (χ2n) is 12.8. The number of fused-ring (bicyclic) bond motifs is 1. The average Bonchev–Trinajstić information content (AvgIpc) is 3.04. The van der Waals surface area contributed by atoms with Crippen molar-refractivity contribution in [2.45, 2.75) is 72.4 Å². The first kappa shape index (κ1) is 34.6. The number of piperazine rings is 1. The summed E-state index contributed by atoms with van der Waals surface area (Å²) < 4.78 is 16.6. The van der Waals surface area contributed by atoms with Crippen LogP contribution in [0.5, 0.6) is 0 Å². The Morgan fingerprint density at radius 1 is 1.02 bits per heavy atom. The van der Waals surface area contributed by atoms with Crippen LogP contribution >= 0.6 is 11.6 Å². The van der Waals surface area contributed by atoms with Crippen LogP contribution in [-0.4, -0.2) is 73.4 Å². The number of carbonyl (C=O) groups excluding carboxylic acids is 2. The second-order valence-corrected chi connectivity index (χ2v) is 13.2. The number of amides is 2. The van der Waals surface area contributed by atoms with Gasteiger partial charge in [-0.05, 0) is 50.0 Å². The number of pyridine rings is 1. The van der Waals surface area contributed by atoms with E-state index in [0.29, 0.717) is 41.4 Å². The Bertz CT molecular complexity index is 1970. The minimum Gasteiger partial charge on any atom is -0.349 e. The lowest BCUT2D eigenvalue weighted by Gasteiger charge is -2.44. The highest BCUT2D eigenvalue weighted by atomic mass is 35.5. The first-order valence-corrected chi connectivity index (χ1v) is 16.3. The summed E-state index contributed by atoms with van der Waals surface area (Å²) in [5, 5.41) is 0.626. The smallest absolute Gasteiger partial charge is 0.349 e. The van der Waals surface area contributed by atoms with Gasteiger partial charge in [0.05, 0.1) is 33.2 Å². The molecule has 0 saturated carbocycles. The zero-order valence-corrected chi connectivity index (χ0v) is 29.2. The normalized spacial score (nSPS) is 16.6. The molecule has 0 aliphatic carbocycles. The largest absolute Gasteiger partial charge is 0.355 e. The maximum atomic E-state index is 15.2. The molecule has 0 spiro atoms. The Hall–Kier alpha value is -4.71. The average molecular weight is 675 g/mol. The number of hydrogen-bond donors (Lipinski definition) is 0. The number of halogens is 2. The first-order chi connectivity index (χ1) is 22.7. The van der Waals surface area contributed by atoms with E-state index in [1.807, 2.05) is 46.4 Å². The van der Waals surface area contributed by atoms with Crippen LogP contribution in [0.3, 0.4) is 0 Å². The summed E-state index contributed by atoms with van der Waals surface area (Å²) in [4.78, 5) is 63.5. The predicted octanol–water partition coefficient (Wildman–Crippen LogP) is 5.87. The molecule has 11 nitrogen and oxygen atoms in total. The molecule has 1 aliphatic heterocycles. The van der Waals surface area contributed by atoms with Crippen molar-refractivity contribution in [1.29, 1.82) is 0 Å². The molecule has 4 aromatic rings. The summed E-state index contributed by atoms with van der Waals surface area (Å²) in [6, 6.07) is 7.37. The molecular formula is C35H40ClFN8O3. The Morgan fingerprint density at radius 2 is 1.65 bits per heavy atom. The summed E-state index contributed by atoms with van der Waals surface area (Å²) in [7, 11) is 1.60. The molecule has 1 fully saturated rings. The standard InChI is InChI=1S/C35H40ClFN8O3/c1-10-27(47)43-16-21(7)44(17-20(43)6)32-24-15-25(36)30(23-13-11-12-14-26(23)37)38-33(24)45(35(48)41-32)31-28(18(2)3)39-34(42(9)22(8)46)40-29(31)19(4)5/h10-15,18-21H,1,16-17H2,2-9H3. The molecule has 1 aromatic carbocycles. The van der Waals surface area contributed by atoms with E-state index < -0.39 is 11.5 Å². The van der Waals surface area contributed by atoms with Crippen LogP contribution in [-0.2, 0) is 9.59 Å². The number of carbonyl (C=O) groups is 2. The molecule has 48 heavy (non-hydrogen) atoms. The van der Waals surface area contributed by atoms with Crippen molar-refractivity contribution < 1.29 is 14.0 Å². The maximum absolute atomic E-state index is 15.2. The fourth-order valence-electron chi connectivity index (χ4n) is 6.02. The molecule has 4 heterocycles. The number of rotatable bonds is 7. The third-order valence-electron chi connectivity index (χ3n) is 8.66. The van der Waals surface area contributed by atoms with Gasteiger partial charge in [-0.1, -0.05) is 58.0 Å². The highest BCUT2D eigenvalue weighted by molar-refractivity contribution is 6.33. The van der Waals surface area contributed by atoms with Crippen molar-refractivity contribution in [2.24, 2.45) is 0 Å². The van der Waals surface area contributed by atoms with E-state index in [4.69, 9.17) is 26.6 Å². The van der Waals surface area contributed by atoms with E-state index in [9.17, 15) is 14.4 Å². The lowest BCUT2D eigenvalue weighted by Crippen LogP contribution is -2.58. The predicted molar refractivity (Wildman–Crippen MR) is 187 cm³/mol. The molecule has 0 bridgehead atoms. The fourth-order valence-corrected chi connectivity index (χ4v) is 6.27. The van der Waals surface area contributed by atoms with E-state index in [1.54, 1.807) is 36.2 Å². The Morgan fingerprint density at radius 3 is 2.21 bits per heavy atom. The lowest BCUT2D eigenvalue weighted by molar-refractivity contribution is -0.128. The van der Waals surface area contributed by atoms with Crippen LogP contribution in [0.2, 0.25) is 5.02 Å². The third-order valence-corrected chi connectivity index (χ3v) is 8.95. The van der Waals surface area contributed by atoms with Crippen LogP contribution in [0, 0.1) is 5.82 Å². The van der Waals surface area contributed by atoms with E-state index >= 15 is 4.39 Å². The van der Waals surface area contributed by atoms with Crippen LogP contribution in [0.15, 0.2) is 47.8 Å². The SMILES string of the molecule is C=CC(=O)N1CC(C)N(c2nc(=O)n(-c3c(C(C)C)nc(N(C)C(C)=O)nc3C(C)C)c3nc(-c4ccccc4F)c(Cl)cc23)CC1C. The lowest BCUT2D eigenvalue weighted by atomic mass is 10.0. The number of nitrogens with zero attached hydrogens (tertiary/aromatic N) is 8. The van der Waals surface area contributed by atoms with E-state index in [2.05, 4.69) is 11.6 Å². The molecule has 1 saturated heterocycles. The third kappa shape index (κ3) is 6.16. The molecule has 252 valence electrons. The molecular weight excluding hydrogens is 635 g/mol. The number of aromatic nitrogens is 5. The van der Waals surface area contributed by atoms with Crippen LogP contribution in [0.25, 0.3) is 28.0 Å². The van der Waals surface area contributed by atoms with Crippen molar-refractivity contribution >= 4 is 46.2 Å². The van der Waals surface area contributed by atoms with Gasteiger partial charge in [-0.2, -0.15) is 4.98 Å². The van der Waals surface area contributed by atoms with E-state index in [-0.39, 0.29) is 63.6 Å². The number of benzene rings is 1. The number of hydrogen-bond acceptors (Lipinski definition) is 8. The van der Waals surface area contributed by atoms with Gasteiger partial charge in [0.2, 0.25) is 17.8 Å². The van der Waals surface area contributed by atoms with Gasteiger partial charge in [-0.3, -0.25) is 14.5 Å². The summed E-state index contributed by atoms with van der Waals surface area (Å²) in [6.07, 6.45) is 1.29. The fraction of sp³-hybridized carbons (Fsp3) is 0.400. The molecule has 13 heteroatoms. The molecule has 1 aliphatic rings. The van der Waals surface area contributed by atoms with Gasteiger partial charge in [0.15, 0.2) is 5.65 Å². The van der Waals surface area contributed by atoms with Gasteiger partial charge in [0.25, 0.3) is 0 Å². The van der Waals surface area contributed by atoms with Crippen LogP contribution in [0.4, 0.5) is 16.2 Å². The molecule has 5 rings (SSSR count). The number of anilines is 2. The minimum atomic E-state index is -0.642. The molecule has 2 unspecified atom stereocenters. The Labute approximate surface area is 284 Å². The van der Waals surface area contributed by atoms with E-state index in [0.717, 1.165) is 0 Å². The van der Waals surface area contributed by atoms with Crippen molar-refractivity contribution in [3.8, 4) is 16.9 Å². The molecule has 3 aromatic heterocycles. The molecule has 2 amide bonds. The highest BCUT2D eigenvalue weighted by Crippen LogP contribution is 2.37. The molecule has 0 radical (unpaired) electrons. The summed E-state index contributed by atoms with van der Waals surface area (Å²) in [5.41, 5.74) is 1.29. The maximum Gasteiger partial charge on any atom is 0.355 e. The zero-order chi connectivity index (χ0) is 35.2. The van der Waals surface area contributed by atoms with Crippen molar-refractivity contribution in [3.05, 3.63) is 75.7 Å². The van der Waals surface area contributed by atoms with Gasteiger partial charge >= 0.3 is 5.69 Å². The van der Waals surface area contributed by atoms with Crippen LogP contribution < -0.4 is 15.5 Å². The van der Waals surface area contributed by atoms with Crippen LogP contribution in [0.1, 0.15) is 71.7 Å². The molecule has 2 atom stereocenters. The Balaban J connectivity index is 1.89. The first-order valence-electron chi connectivity index (χ1n) is 15.9. The summed E-state index contributed by atoms with van der Waals surface area (Å²) in [5.74, 6) is -0.819. The quantitative estimate of drug-likeness (QED) is 0.224. The van der Waals surface area contributed by atoms with Crippen molar-refractivity contribution in [1.82, 2.24) is 29.4 Å². The second kappa shape index (κ2) is 13.4. The van der Waals surface area contributed by atoms with Gasteiger partial charge in [-0.25, -0.2) is 28.7 Å². The van der Waals surface area contributed by atoms with Gasteiger partial charge < -0.3 is 9.80 Å². The molecule has 0 N–H and O–H groups in total. The van der Waals surface area contributed by atoms with Crippen molar-refractivity contribution in [2.75, 3.05) is 29.9 Å². The van der Waals surface area contributed by atoms with Gasteiger partial charge in [-0.15, -0.1) is 0 Å². The Kier molecular flexibility index (Phi) is 9.68. The monoisotopic (exact) mass is 674 g/mol. The van der Waals surface area contributed by atoms with Gasteiger partial charge in [0.1, 0.15) is 11.6 Å². The summed E-state index contributed by atoms with van der Waals surface area (Å²) >= 11 is 6.87. The van der Waals surface area contributed by atoms with E-state index in [1.165, 1.54) is 28.5 Å². The zero-order valence-electron chi connectivity index (χ0n) is 28.5. The highest BCUT2D eigenvalue weighted by Gasteiger charge is 2.34. The minimum absolute atomic E-state index is 0.154. The summed E-state index contributed by atoms with van der Waals surface area (Å²) in [6.45, 7) is 17.4. The van der Waals surface area contributed by atoms with Crippen molar-refractivity contribution in [3.63, 3.8) is 0 Å².